The summed E-state index contributed by atoms with van der Waals surface area (Å²) < 4.78 is 5.91. The summed E-state index contributed by atoms with van der Waals surface area (Å²) in [6.45, 7) is 9.29. The van der Waals surface area contributed by atoms with Crippen LogP contribution in [0.3, 0.4) is 0 Å². The number of hydrogen-bond donors (Lipinski definition) is 1. The largest absolute Gasteiger partial charge is 0.374 e. The molecule has 1 heterocycles. The Balaban J connectivity index is 2.46. The predicted octanol–water partition coefficient (Wildman–Crippen LogP) is 3.61. The maximum Gasteiger partial charge on any atom is 0.0660 e. The molecular formula is C16H27NO. The molecule has 1 fully saturated rings. The van der Waals surface area contributed by atoms with E-state index >= 15 is 0 Å². The molecule has 1 aliphatic heterocycles. The second-order valence-electron chi connectivity index (χ2n) is 4.74. The summed E-state index contributed by atoms with van der Waals surface area (Å²) in [6.07, 6.45) is 12.5. The van der Waals surface area contributed by atoms with Gasteiger partial charge in [0.1, 0.15) is 0 Å². The van der Waals surface area contributed by atoms with Crippen molar-refractivity contribution in [3.05, 3.63) is 35.5 Å². The van der Waals surface area contributed by atoms with Crippen molar-refractivity contribution in [2.24, 2.45) is 0 Å². The summed E-state index contributed by atoms with van der Waals surface area (Å²) >= 11 is 0. The molecule has 0 spiro atoms. The van der Waals surface area contributed by atoms with Crippen molar-refractivity contribution < 1.29 is 4.74 Å². The van der Waals surface area contributed by atoms with Crippen LogP contribution in [0.25, 0.3) is 0 Å². The molecule has 18 heavy (non-hydrogen) atoms. The fraction of sp³-hybridized carbons (Fsp3) is 0.625. The molecule has 2 heteroatoms. The van der Waals surface area contributed by atoms with E-state index in [0.717, 1.165) is 39.0 Å². The zero-order valence-electron chi connectivity index (χ0n) is 12.0. The van der Waals surface area contributed by atoms with Gasteiger partial charge in [-0.25, -0.2) is 0 Å². The molecule has 0 aromatic heterocycles. The van der Waals surface area contributed by atoms with E-state index in [0.29, 0.717) is 6.10 Å². The third kappa shape index (κ3) is 5.65. The highest BCUT2D eigenvalue weighted by atomic mass is 16.5. The normalized spacial score (nSPS) is 19.7. The van der Waals surface area contributed by atoms with Gasteiger partial charge in [0.05, 0.1) is 12.7 Å². The van der Waals surface area contributed by atoms with Crippen molar-refractivity contribution in [2.45, 2.75) is 46.1 Å². The highest BCUT2D eigenvalue weighted by molar-refractivity contribution is 5.38. The zero-order valence-corrected chi connectivity index (χ0v) is 12.0. The summed E-state index contributed by atoms with van der Waals surface area (Å²) in [7, 11) is 0. The monoisotopic (exact) mass is 249 g/mol. The fourth-order valence-electron chi connectivity index (χ4n) is 2.20. The summed E-state index contributed by atoms with van der Waals surface area (Å²) in [5.41, 5.74) is 2.62. The average molecular weight is 249 g/mol. The van der Waals surface area contributed by atoms with Crippen LogP contribution < -0.4 is 5.32 Å². The molecule has 0 aromatic carbocycles. The summed E-state index contributed by atoms with van der Waals surface area (Å²) in [4.78, 5) is 0. The minimum Gasteiger partial charge on any atom is -0.374 e. The van der Waals surface area contributed by atoms with Gasteiger partial charge in [0.2, 0.25) is 0 Å². The molecular weight excluding hydrogens is 222 g/mol. The van der Waals surface area contributed by atoms with E-state index < -0.39 is 0 Å². The van der Waals surface area contributed by atoms with Gasteiger partial charge in [0.25, 0.3) is 0 Å². The Morgan fingerprint density at radius 1 is 1.28 bits per heavy atom. The van der Waals surface area contributed by atoms with Gasteiger partial charge in [0, 0.05) is 0 Å². The number of ether oxygens (including phenoxy) is 1. The number of nitrogens with one attached hydrogen (secondary N) is 1. The second kappa shape index (κ2) is 9.12. The van der Waals surface area contributed by atoms with E-state index in [9.17, 15) is 0 Å². The molecule has 0 aromatic rings. The molecule has 0 aliphatic carbocycles. The summed E-state index contributed by atoms with van der Waals surface area (Å²) in [5, 5.41) is 3.35. The van der Waals surface area contributed by atoms with Gasteiger partial charge in [-0.3, -0.25) is 0 Å². The number of piperidine rings is 1. The van der Waals surface area contributed by atoms with Crippen molar-refractivity contribution in [2.75, 3.05) is 19.7 Å². The molecule has 0 amide bonds. The summed E-state index contributed by atoms with van der Waals surface area (Å²) in [5.74, 6) is 0. The minimum atomic E-state index is 0.435. The molecule has 1 saturated heterocycles. The van der Waals surface area contributed by atoms with Crippen LogP contribution in [-0.2, 0) is 4.74 Å². The van der Waals surface area contributed by atoms with Crippen LogP contribution >= 0.6 is 0 Å². The van der Waals surface area contributed by atoms with Crippen LogP contribution in [0.4, 0.5) is 0 Å². The fourth-order valence-corrected chi connectivity index (χ4v) is 2.20. The van der Waals surface area contributed by atoms with Crippen LogP contribution in [0.2, 0.25) is 0 Å². The van der Waals surface area contributed by atoms with Crippen LogP contribution in [0.5, 0.6) is 0 Å². The Hall–Kier alpha value is -0.860. The standard InChI is InChI=1S/C16H27NO/c1-4-6-14(3)15(7-5-2)10-13-18-16-8-11-17-12-9-16/h5-7,10,16-17H,4,8-9,11-13H2,1-3H3/b7-5-,14-6-,15-10-. The maximum absolute atomic E-state index is 5.91. The van der Waals surface area contributed by atoms with E-state index in [-0.39, 0.29) is 0 Å². The van der Waals surface area contributed by atoms with Crippen molar-refractivity contribution in [1.29, 1.82) is 0 Å². The Morgan fingerprint density at radius 3 is 2.61 bits per heavy atom. The molecule has 1 aliphatic rings. The Kier molecular flexibility index (Phi) is 7.70. The van der Waals surface area contributed by atoms with E-state index in [1.54, 1.807) is 0 Å². The lowest BCUT2D eigenvalue weighted by Gasteiger charge is -2.22. The lowest BCUT2D eigenvalue weighted by atomic mass is 10.1. The van der Waals surface area contributed by atoms with Gasteiger partial charge < -0.3 is 10.1 Å². The summed E-state index contributed by atoms with van der Waals surface area (Å²) in [6, 6.07) is 0. The Bertz CT molecular complexity index is 309. The van der Waals surface area contributed by atoms with Crippen LogP contribution in [0.1, 0.15) is 40.0 Å². The second-order valence-corrected chi connectivity index (χ2v) is 4.74. The lowest BCUT2D eigenvalue weighted by molar-refractivity contribution is 0.0514. The van der Waals surface area contributed by atoms with E-state index in [1.807, 2.05) is 0 Å². The van der Waals surface area contributed by atoms with Gasteiger partial charge >= 0.3 is 0 Å². The minimum absolute atomic E-state index is 0.435. The maximum atomic E-state index is 5.91. The van der Waals surface area contributed by atoms with Crippen molar-refractivity contribution >= 4 is 0 Å². The van der Waals surface area contributed by atoms with Gasteiger partial charge in [-0.1, -0.05) is 31.2 Å². The smallest absolute Gasteiger partial charge is 0.0660 e. The SMILES string of the molecule is C\C=C/C(=C/COC1CCNCC1)C(/C)=C\CC. The van der Waals surface area contributed by atoms with E-state index in [4.69, 9.17) is 4.74 Å². The van der Waals surface area contributed by atoms with Crippen LogP contribution in [-0.4, -0.2) is 25.8 Å². The van der Waals surface area contributed by atoms with Crippen LogP contribution in [0.15, 0.2) is 35.5 Å². The van der Waals surface area contributed by atoms with Gasteiger partial charge in [-0.05, 0) is 57.3 Å². The molecule has 0 radical (unpaired) electrons. The Labute approximate surface area is 112 Å². The first-order chi connectivity index (χ1) is 8.77. The zero-order chi connectivity index (χ0) is 13.2. The molecule has 102 valence electrons. The number of hydrogen-bond acceptors (Lipinski definition) is 2. The van der Waals surface area contributed by atoms with Gasteiger partial charge in [0.15, 0.2) is 0 Å². The molecule has 0 atom stereocenters. The van der Waals surface area contributed by atoms with Gasteiger partial charge in [-0.2, -0.15) is 0 Å². The van der Waals surface area contributed by atoms with Crippen molar-refractivity contribution in [1.82, 2.24) is 5.32 Å². The lowest BCUT2D eigenvalue weighted by Crippen LogP contribution is -2.32. The first-order valence-corrected chi connectivity index (χ1v) is 7.10. The van der Waals surface area contributed by atoms with Crippen molar-refractivity contribution in [3.8, 4) is 0 Å². The number of allylic oxidation sites excluding steroid dienone is 5. The first kappa shape index (κ1) is 15.2. The topological polar surface area (TPSA) is 21.3 Å². The third-order valence-corrected chi connectivity index (χ3v) is 3.23. The average Bonchev–Trinajstić information content (AvgIpc) is 2.39. The first-order valence-electron chi connectivity index (χ1n) is 7.10. The highest BCUT2D eigenvalue weighted by Crippen LogP contribution is 2.13. The molecule has 1 N–H and O–H groups in total. The third-order valence-electron chi connectivity index (χ3n) is 3.23. The highest BCUT2D eigenvalue weighted by Gasteiger charge is 2.12. The molecule has 0 bridgehead atoms. The number of rotatable bonds is 6. The van der Waals surface area contributed by atoms with E-state index in [1.165, 1.54) is 11.1 Å². The Morgan fingerprint density at radius 2 is 2.00 bits per heavy atom. The molecule has 0 unspecified atom stereocenters. The molecule has 2 nitrogen and oxygen atoms in total. The van der Waals surface area contributed by atoms with Crippen LogP contribution in [0, 0.1) is 0 Å². The van der Waals surface area contributed by atoms with Gasteiger partial charge in [-0.15, -0.1) is 0 Å². The van der Waals surface area contributed by atoms with Crippen molar-refractivity contribution in [3.63, 3.8) is 0 Å². The molecule has 0 saturated carbocycles. The predicted molar refractivity (Wildman–Crippen MR) is 78.8 cm³/mol. The quantitative estimate of drug-likeness (QED) is 0.726. The molecule has 1 rings (SSSR count). The van der Waals surface area contributed by atoms with E-state index in [2.05, 4.69) is 50.4 Å².